The van der Waals surface area contributed by atoms with Crippen LogP contribution in [0.3, 0.4) is 0 Å². The predicted octanol–water partition coefficient (Wildman–Crippen LogP) is -0.165. The molecule has 54 valence electrons. The summed E-state index contributed by atoms with van der Waals surface area (Å²) in [4.78, 5) is 0. The fourth-order valence-corrected chi connectivity index (χ4v) is 0.528. The molecule has 0 aliphatic carbocycles. The molecule has 0 fully saturated rings. The van der Waals surface area contributed by atoms with Gasteiger partial charge in [0.2, 0.25) is 0 Å². The van der Waals surface area contributed by atoms with E-state index in [0.29, 0.717) is 6.54 Å². The van der Waals surface area contributed by atoms with E-state index in [1.165, 1.54) is 6.21 Å². The van der Waals surface area contributed by atoms with Crippen LogP contribution in [0.2, 0.25) is 0 Å². The van der Waals surface area contributed by atoms with Crippen molar-refractivity contribution < 1.29 is 0 Å². The lowest BCUT2D eigenvalue weighted by Gasteiger charge is -1.99. The lowest BCUT2D eigenvalue weighted by molar-refractivity contribution is 0.660. The van der Waals surface area contributed by atoms with Gasteiger partial charge in [-0.25, -0.2) is 0 Å². The summed E-state index contributed by atoms with van der Waals surface area (Å²) in [6, 6.07) is 0. The van der Waals surface area contributed by atoms with Crippen molar-refractivity contribution in [1.82, 2.24) is 10.6 Å². The molecule has 3 heteroatoms. The molecule has 0 unspecified atom stereocenters. The van der Waals surface area contributed by atoms with Crippen molar-refractivity contribution in [2.45, 2.75) is 6.92 Å². The van der Waals surface area contributed by atoms with Gasteiger partial charge in [-0.3, -0.25) is 0 Å². The van der Waals surface area contributed by atoms with Gasteiger partial charge in [-0.2, -0.15) is 0 Å². The first-order valence-electron chi connectivity index (χ1n) is 3.32. The molecular weight excluding hydrogens is 114 g/mol. The molecule has 0 bridgehead atoms. The Morgan fingerprint density at radius 3 is 2.56 bits per heavy atom. The summed E-state index contributed by atoms with van der Waals surface area (Å²) in [5.41, 5.74) is 0. The minimum Gasteiger partial charge on any atom is -0.316 e. The van der Waals surface area contributed by atoms with E-state index >= 15 is 0 Å². The highest BCUT2D eigenvalue weighted by atomic mass is 14.9. The van der Waals surface area contributed by atoms with Crippen LogP contribution in [-0.4, -0.2) is 32.4 Å². The Morgan fingerprint density at radius 2 is 2.00 bits per heavy atom. The van der Waals surface area contributed by atoms with E-state index < -0.39 is 0 Å². The van der Waals surface area contributed by atoms with Gasteiger partial charge in [0.1, 0.15) is 0 Å². The van der Waals surface area contributed by atoms with Crippen molar-refractivity contribution >= 4 is 6.21 Å². The van der Waals surface area contributed by atoms with Crippen molar-refractivity contribution in [3.05, 3.63) is 0 Å². The molecule has 0 saturated carbocycles. The second kappa shape index (κ2) is 7.59. The van der Waals surface area contributed by atoms with Crippen LogP contribution in [0.25, 0.3) is 0 Å². The van der Waals surface area contributed by atoms with Crippen LogP contribution in [0.1, 0.15) is 6.92 Å². The highest BCUT2D eigenvalue weighted by Gasteiger charge is 1.80. The Morgan fingerprint density at radius 1 is 1.33 bits per heavy atom. The Kier molecular flexibility index (Phi) is 7.24. The minimum absolute atomic E-state index is 0.686. The fourth-order valence-electron chi connectivity index (χ4n) is 0.528. The number of nitrogens with one attached hydrogen (secondary N) is 3. The second-order valence-corrected chi connectivity index (χ2v) is 1.76. The third-order valence-corrected chi connectivity index (χ3v) is 0.975. The molecule has 0 heterocycles. The third kappa shape index (κ3) is 7.59. The van der Waals surface area contributed by atoms with Gasteiger partial charge < -0.3 is 16.0 Å². The molecule has 3 nitrogen and oxygen atoms in total. The van der Waals surface area contributed by atoms with Crippen molar-refractivity contribution in [2.75, 3.05) is 26.2 Å². The first kappa shape index (κ1) is 8.59. The summed E-state index contributed by atoms with van der Waals surface area (Å²) >= 11 is 0. The van der Waals surface area contributed by atoms with E-state index in [1.807, 2.05) is 0 Å². The standard InChI is InChI=1S/C6H15N3/c1-2-8-5-6-9-4-3-7/h3,7-9H,2,4-6H2,1H3. The zero-order chi connectivity index (χ0) is 6.95. The predicted molar refractivity (Wildman–Crippen MR) is 40.2 cm³/mol. The summed E-state index contributed by atoms with van der Waals surface area (Å²) < 4.78 is 0. The fraction of sp³-hybridized carbons (Fsp3) is 0.833. The molecule has 0 radical (unpaired) electrons. The number of hydrogen-bond donors (Lipinski definition) is 3. The average molecular weight is 129 g/mol. The molecule has 0 amide bonds. The van der Waals surface area contributed by atoms with Crippen LogP contribution in [0.4, 0.5) is 0 Å². The van der Waals surface area contributed by atoms with E-state index in [0.717, 1.165) is 19.6 Å². The Balaban J connectivity index is 2.66. The highest BCUT2D eigenvalue weighted by molar-refractivity contribution is 5.55. The Hall–Kier alpha value is -0.410. The molecule has 0 aromatic rings. The lowest BCUT2D eigenvalue weighted by Crippen LogP contribution is -2.27. The molecule has 0 aliphatic heterocycles. The van der Waals surface area contributed by atoms with E-state index in [-0.39, 0.29) is 0 Å². The van der Waals surface area contributed by atoms with Crippen molar-refractivity contribution in [3.63, 3.8) is 0 Å². The maximum absolute atomic E-state index is 6.68. The molecule has 0 saturated heterocycles. The zero-order valence-corrected chi connectivity index (χ0v) is 5.91. The molecule has 0 spiro atoms. The number of hydrogen-bond acceptors (Lipinski definition) is 3. The van der Waals surface area contributed by atoms with Crippen molar-refractivity contribution in [3.8, 4) is 0 Å². The molecular formula is C6H15N3. The number of rotatable bonds is 6. The van der Waals surface area contributed by atoms with Gasteiger partial charge in [-0.1, -0.05) is 6.92 Å². The minimum atomic E-state index is 0.686. The molecule has 0 aromatic heterocycles. The van der Waals surface area contributed by atoms with Crippen LogP contribution in [0, 0.1) is 5.41 Å². The second-order valence-electron chi connectivity index (χ2n) is 1.76. The van der Waals surface area contributed by atoms with Crippen LogP contribution in [0.5, 0.6) is 0 Å². The summed E-state index contributed by atoms with van der Waals surface area (Å²) in [7, 11) is 0. The van der Waals surface area contributed by atoms with Gasteiger partial charge in [0.15, 0.2) is 0 Å². The topological polar surface area (TPSA) is 47.9 Å². The van der Waals surface area contributed by atoms with Crippen molar-refractivity contribution in [1.29, 1.82) is 5.41 Å². The summed E-state index contributed by atoms with van der Waals surface area (Å²) in [5, 5.41) is 12.9. The van der Waals surface area contributed by atoms with Gasteiger partial charge in [-0.05, 0) is 6.54 Å². The van der Waals surface area contributed by atoms with Crippen LogP contribution in [0.15, 0.2) is 0 Å². The summed E-state index contributed by atoms with van der Waals surface area (Å²) in [5.74, 6) is 0. The number of likely N-dealkylation sites (N-methyl/N-ethyl adjacent to an activating group) is 1. The highest BCUT2D eigenvalue weighted by Crippen LogP contribution is 1.56. The molecule has 0 aromatic carbocycles. The van der Waals surface area contributed by atoms with Crippen molar-refractivity contribution in [2.24, 2.45) is 0 Å². The maximum Gasteiger partial charge on any atom is 0.0302 e. The molecule has 0 rings (SSSR count). The smallest absolute Gasteiger partial charge is 0.0302 e. The first-order chi connectivity index (χ1) is 4.41. The summed E-state index contributed by atoms with van der Waals surface area (Å²) in [6.07, 6.45) is 1.37. The molecule has 0 aliphatic rings. The van der Waals surface area contributed by atoms with Gasteiger partial charge in [0, 0.05) is 25.8 Å². The normalized spacial score (nSPS) is 9.44. The van der Waals surface area contributed by atoms with E-state index in [9.17, 15) is 0 Å². The average Bonchev–Trinajstić information content (AvgIpc) is 1.89. The van der Waals surface area contributed by atoms with E-state index in [2.05, 4.69) is 17.6 Å². The molecule has 9 heavy (non-hydrogen) atoms. The Labute approximate surface area is 56.3 Å². The van der Waals surface area contributed by atoms with Gasteiger partial charge in [-0.15, -0.1) is 0 Å². The van der Waals surface area contributed by atoms with Gasteiger partial charge >= 0.3 is 0 Å². The van der Waals surface area contributed by atoms with E-state index in [1.54, 1.807) is 0 Å². The molecule has 3 N–H and O–H groups in total. The zero-order valence-electron chi connectivity index (χ0n) is 5.91. The largest absolute Gasteiger partial charge is 0.316 e. The summed E-state index contributed by atoms with van der Waals surface area (Å²) in [6.45, 7) is 5.72. The lowest BCUT2D eigenvalue weighted by atomic mass is 10.5. The van der Waals surface area contributed by atoms with E-state index in [4.69, 9.17) is 5.41 Å². The van der Waals surface area contributed by atoms with Crippen LogP contribution in [-0.2, 0) is 0 Å². The maximum atomic E-state index is 6.68. The quantitative estimate of drug-likeness (QED) is 0.344. The van der Waals surface area contributed by atoms with Crippen LogP contribution < -0.4 is 10.6 Å². The first-order valence-corrected chi connectivity index (χ1v) is 3.32. The van der Waals surface area contributed by atoms with Crippen LogP contribution >= 0.6 is 0 Å². The SMILES string of the molecule is CCNCCNCC=N. The Bertz CT molecular complexity index is 63.3. The molecule has 0 atom stereocenters. The van der Waals surface area contributed by atoms with Gasteiger partial charge in [0.05, 0.1) is 0 Å². The third-order valence-electron chi connectivity index (χ3n) is 0.975. The van der Waals surface area contributed by atoms with Gasteiger partial charge in [0.25, 0.3) is 0 Å². The monoisotopic (exact) mass is 129 g/mol.